The first-order valence-corrected chi connectivity index (χ1v) is 4.03. The Labute approximate surface area is 59.7 Å². The Bertz CT molecular complexity index is 49.1. The second-order valence-electron chi connectivity index (χ2n) is 3.02. The van der Waals surface area contributed by atoms with Gasteiger partial charge in [0, 0.05) is 0 Å². The van der Waals surface area contributed by atoms with Gasteiger partial charge >= 0.3 is 0 Å². The third kappa shape index (κ3) is 4.50. The lowest BCUT2D eigenvalue weighted by Crippen LogP contribution is -2.00. The van der Waals surface area contributed by atoms with Crippen molar-refractivity contribution >= 4 is 0 Å². The van der Waals surface area contributed by atoms with Gasteiger partial charge in [0.25, 0.3) is 0 Å². The predicted octanol–water partition coefficient (Wildman–Crippen LogP) is 3.28. The van der Waals surface area contributed by atoms with Crippen molar-refractivity contribution < 1.29 is 0 Å². The summed E-state index contributed by atoms with van der Waals surface area (Å²) in [6.45, 7) is 10.8. The Morgan fingerprint density at radius 1 is 1.22 bits per heavy atom. The molecule has 0 saturated heterocycles. The van der Waals surface area contributed by atoms with Gasteiger partial charge in [0.1, 0.15) is 0 Å². The number of hydrogen-bond acceptors (Lipinski definition) is 0. The lowest BCUT2D eigenvalue weighted by atomic mass is 9.94. The molecule has 9 heavy (non-hydrogen) atoms. The highest BCUT2D eigenvalue weighted by atomic mass is 14.1. The summed E-state index contributed by atoms with van der Waals surface area (Å²) in [7, 11) is 0. The summed E-state index contributed by atoms with van der Waals surface area (Å²) in [5.41, 5.74) is 0. The largest absolute Gasteiger partial charge is 0.0651 e. The Morgan fingerprint density at radius 3 is 2.11 bits per heavy atom. The average molecular weight is 127 g/mol. The molecule has 0 N–H and O–H groups in total. The molecule has 0 aliphatic carbocycles. The lowest BCUT2D eigenvalue weighted by molar-refractivity contribution is 0.425. The molecule has 0 rings (SSSR count). The SMILES string of the molecule is [CH2]C(CC)CC(C)CC. The average Bonchev–Trinajstić information content (AvgIpc) is 1.87. The molecule has 0 aliphatic heterocycles. The fourth-order valence-corrected chi connectivity index (χ4v) is 0.902. The molecule has 0 aromatic heterocycles. The van der Waals surface area contributed by atoms with Crippen molar-refractivity contribution in [2.45, 2.75) is 40.0 Å². The second kappa shape index (κ2) is 4.84. The molecule has 2 atom stereocenters. The molecule has 0 heteroatoms. The number of rotatable bonds is 4. The molecule has 0 fully saturated rings. The summed E-state index contributed by atoms with van der Waals surface area (Å²) in [5.74, 6) is 1.55. The monoisotopic (exact) mass is 127 g/mol. The number of hydrogen-bond donors (Lipinski definition) is 0. The zero-order valence-corrected chi connectivity index (χ0v) is 6.98. The van der Waals surface area contributed by atoms with Gasteiger partial charge in [-0.1, -0.05) is 40.5 Å². The first-order chi connectivity index (χ1) is 4.20. The van der Waals surface area contributed by atoms with Crippen LogP contribution in [0.2, 0.25) is 0 Å². The van der Waals surface area contributed by atoms with Gasteiger partial charge in [0.15, 0.2) is 0 Å². The highest BCUT2D eigenvalue weighted by molar-refractivity contribution is 4.62. The van der Waals surface area contributed by atoms with E-state index in [1.807, 2.05) is 0 Å². The maximum atomic E-state index is 4.04. The zero-order chi connectivity index (χ0) is 7.28. The van der Waals surface area contributed by atoms with Crippen LogP contribution in [0.1, 0.15) is 40.0 Å². The van der Waals surface area contributed by atoms with Crippen LogP contribution in [0.15, 0.2) is 0 Å². The van der Waals surface area contributed by atoms with Gasteiger partial charge in [0.2, 0.25) is 0 Å². The van der Waals surface area contributed by atoms with Crippen molar-refractivity contribution in [3.63, 3.8) is 0 Å². The molecule has 0 amide bonds. The van der Waals surface area contributed by atoms with E-state index in [-0.39, 0.29) is 0 Å². The molecule has 0 aromatic rings. The van der Waals surface area contributed by atoms with E-state index < -0.39 is 0 Å². The molecule has 2 unspecified atom stereocenters. The summed E-state index contributed by atoms with van der Waals surface area (Å²) in [4.78, 5) is 0. The third-order valence-corrected chi connectivity index (χ3v) is 2.01. The fraction of sp³-hybridized carbons (Fsp3) is 0.889. The van der Waals surface area contributed by atoms with E-state index in [2.05, 4.69) is 27.7 Å². The van der Waals surface area contributed by atoms with Gasteiger partial charge in [-0.3, -0.25) is 0 Å². The Balaban J connectivity index is 3.22. The fourth-order valence-electron chi connectivity index (χ4n) is 0.902. The van der Waals surface area contributed by atoms with E-state index in [1.165, 1.54) is 19.3 Å². The molecule has 0 nitrogen and oxygen atoms in total. The summed E-state index contributed by atoms with van der Waals surface area (Å²) < 4.78 is 0. The van der Waals surface area contributed by atoms with Crippen LogP contribution in [0, 0.1) is 18.8 Å². The first kappa shape index (κ1) is 9.00. The van der Waals surface area contributed by atoms with E-state index in [9.17, 15) is 0 Å². The molecule has 0 heterocycles. The van der Waals surface area contributed by atoms with Crippen LogP contribution in [0.3, 0.4) is 0 Å². The molecule has 0 aliphatic rings. The van der Waals surface area contributed by atoms with Crippen LogP contribution < -0.4 is 0 Å². The van der Waals surface area contributed by atoms with E-state index in [0.29, 0.717) is 5.92 Å². The van der Waals surface area contributed by atoms with Crippen LogP contribution in [0.4, 0.5) is 0 Å². The standard InChI is InChI=1S/C9H19/c1-5-8(3)7-9(4)6-2/h8-9H,3,5-7H2,1-2,4H3. The Morgan fingerprint density at radius 2 is 1.78 bits per heavy atom. The molecule has 0 aromatic carbocycles. The van der Waals surface area contributed by atoms with E-state index in [4.69, 9.17) is 0 Å². The highest BCUT2D eigenvalue weighted by Crippen LogP contribution is 2.16. The van der Waals surface area contributed by atoms with Gasteiger partial charge in [-0.2, -0.15) is 0 Å². The second-order valence-corrected chi connectivity index (χ2v) is 3.02. The summed E-state index contributed by atoms with van der Waals surface area (Å²) >= 11 is 0. The molecule has 55 valence electrons. The maximum Gasteiger partial charge on any atom is -0.0414 e. The van der Waals surface area contributed by atoms with Crippen LogP contribution in [0.5, 0.6) is 0 Å². The van der Waals surface area contributed by atoms with Gasteiger partial charge in [-0.25, -0.2) is 0 Å². The van der Waals surface area contributed by atoms with E-state index in [0.717, 1.165) is 5.92 Å². The third-order valence-electron chi connectivity index (χ3n) is 2.01. The van der Waals surface area contributed by atoms with Crippen molar-refractivity contribution in [2.24, 2.45) is 11.8 Å². The molecule has 0 bridgehead atoms. The smallest absolute Gasteiger partial charge is 0.0414 e. The summed E-state index contributed by atoms with van der Waals surface area (Å²) in [6.07, 6.45) is 3.82. The topological polar surface area (TPSA) is 0 Å². The molecule has 1 radical (unpaired) electrons. The van der Waals surface area contributed by atoms with Gasteiger partial charge < -0.3 is 0 Å². The quantitative estimate of drug-likeness (QED) is 0.543. The van der Waals surface area contributed by atoms with Gasteiger partial charge in [0.05, 0.1) is 0 Å². The molecular weight excluding hydrogens is 108 g/mol. The summed E-state index contributed by atoms with van der Waals surface area (Å²) in [5, 5.41) is 0. The molecular formula is C9H19. The normalized spacial score (nSPS) is 17.3. The lowest BCUT2D eigenvalue weighted by Gasteiger charge is -2.12. The predicted molar refractivity (Wildman–Crippen MR) is 43.2 cm³/mol. The van der Waals surface area contributed by atoms with Crippen LogP contribution >= 0.6 is 0 Å². The van der Waals surface area contributed by atoms with Crippen molar-refractivity contribution in [1.82, 2.24) is 0 Å². The summed E-state index contributed by atoms with van der Waals surface area (Å²) in [6, 6.07) is 0. The Hall–Kier alpha value is 0. The van der Waals surface area contributed by atoms with Crippen LogP contribution in [-0.2, 0) is 0 Å². The highest BCUT2D eigenvalue weighted by Gasteiger charge is 2.03. The van der Waals surface area contributed by atoms with Gasteiger partial charge in [-0.15, -0.1) is 0 Å². The van der Waals surface area contributed by atoms with E-state index >= 15 is 0 Å². The van der Waals surface area contributed by atoms with Crippen LogP contribution in [0.25, 0.3) is 0 Å². The minimum atomic E-state index is 0.681. The maximum absolute atomic E-state index is 4.04. The van der Waals surface area contributed by atoms with Crippen molar-refractivity contribution in [1.29, 1.82) is 0 Å². The Kier molecular flexibility index (Phi) is 4.84. The molecule has 0 spiro atoms. The van der Waals surface area contributed by atoms with Crippen LogP contribution in [-0.4, -0.2) is 0 Å². The van der Waals surface area contributed by atoms with Crippen molar-refractivity contribution in [2.75, 3.05) is 0 Å². The van der Waals surface area contributed by atoms with E-state index in [1.54, 1.807) is 0 Å². The zero-order valence-electron chi connectivity index (χ0n) is 6.98. The minimum Gasteiger partial charge on any atom is -0.0651 e. The minimum absolute atomic E-state index is 0.681. The van der Waals surface area contributed by atoms with Gasteiger partial charge in [-0.05, 0) is 18.3 Å². The van der Waals surface area contributed by atoms with Crippen molar-refractivity contribution in [3.8, 4) is 0 Å². The molecule has 0 saturated carbocycles. The first-order valence-electron chi connectivity index (χ1n) is 4.03. The van der Waals surface area contributed by atoms with Crippen molar-refractivity contribution in [3.05, 3.63) is 6.92 Å².